The number of rotatable bonds is 16. The summed E-state index contributed by atoms with van der Waals surface area (Å²) < 4.78 is 13.0. The van der Waals surface area contributed by atoms with Gasteiger partial charge in [0.25, 0.3) is 22.9 Å². The summed E-state index contributed by atoms with van der Waals surface area (Å²) in [4.78, 5) is 80.1. The number of aliphatic hydroxyl groups excluding tert-OH is 1. The lowest BCUT2D eigenvalue weighted by Gasteiger charge is -2.21. The number of aldehydes is 1. The third-order valence-corrected chi connectivity index (χ3v) is 7.17. The molecule has 2 aliphatic heterocycles. The largest absolute Gasteiger partial charge is 0.492 e. The molecule has 4 heterocycles. The lowest BCUT2D eigenvalue weighted by atomic mass is 10.1. The van der Waals surface area contributed by atoms with Gasteiger partial charge in [0.05, 0.1) is 25.6 Å². The van der Waals surface area contributed by atoms with Gasteiger partial charge >= 0.3 is 0 Å². The second-order valence-corrected chi connectivity index (χ2v) is 10.7. The van der Waals surface area contributed by atoms with E-state index in [-0.39, 0.29) is 59.0 Å². The zero-order valence-corrected chi connectivity index (χ0v) is 25.6. The zero-order valence-electron chi connectivity index (χ0n) is 25.6. The topological polar surface area (TPSA) is 218 Å². The van der Waals surface area contributed by atoms with Gasteiger partial charge in [-0.25, -0.2) is 9.36 Å². The average Bonchev–Trinajstić information content (AvgIpc) is 3.02. The van der Waals surface area contributed by atoms with Gasteiger partial charge in [-0.1, -0.05) is 21.3 Å². The maximum absolute atomic E-state index is 12.1. The van der Waals surface area contributed by atoms with Crippen LogP contribution in [-0.2, 0) is 24.0 Å². The van der Waals surface area contributed by atoms with E-state index >= 15 is 0 Å². The molecular formula is C32H48N6O10. The number of aliphatic hydroxyl groups is 1. The van der Waals surface area contributed by atoms with E-state index in [1.807, 2.05) is 0 Å². The molecule has 0 radical (unpaired) electrons. The van der Waals surface area contributed by atoms with E-state index in [1.165, 1.54) is 24.5 Å². The van der Waals surface area contributed by atoms with E-state index in [9.17, 15) is 33.6 Å². The summed E-state index contributed by atoms with van der Waals surface area (Å²) in [5.41, 5.74) is -0.879. The van der Waals surface area contributed by atoms with Gasteiger partial charge in [-0.2, -0.15) is 10.2 Å². The number of hydrogen-bond acceptors (Lipinski definition) is 12. The number of hydrogen-bond donors (Lipinski definition) is 3. The molecule has 0 saturated carbocycles. The van der Waals surface area contributed by atoms with Gasteiger partial charge in [-0.15, -0.1) is 0 Å². The highest BCUT2D eigenvalue weighted by molar-refractivity contribution is 5.99. The Kier molecular flexibility index (Phi) is 18.9. The minimum absolute atomic E-state index is 0. The number of nitrogens with one attached hydrogen (secondary N) is 2. The van der Waals surface area contributed by atoms with Crippen LogP contribution in [0.5, 0.6) is 11.5 Å². The molecule has 2 aromatic heterocycles. The first-order valence-corrected chi connectivity index (χ1v) is 15.4. The molecule has 2 aliphatic rings. The maximum Gasteiger partial charge on any atom is 0.271 e. The summed E-state index contributed by atoms with van der Waals surface area (Å²) in [7, 11) is 0. The summed E-state index contributed by atoms with van der Waals surface area (Å²) in [6, 6.07) is 1.05. The van der Waals surface area contributed by atoms with Crippen molar-refractivity contribution in [2.45, 2.75) is 104 Å². The molecule has 2 atom stereocenters. The van der Waals surface area contributed by atoms with Crippen LogP contribution in [0.4, 0.5) is 0 Å². The van der Waals surface area contributed by atoms with E-state index in [0.717, 1.165) is 60.6 Å². The van der Waals surface area contributed by atoms with Crippen molar-refractivity contribution in [3.63, 3.8) is 0 Å². The number of piperidine rings is 2. The standard InChI is InChI=1S/C15H21N3O5.C15H19N3O5.2CH4/c2*19-7-3-1-2-4-8-23-11-9-14(21)18(16-10-11)12-5-6-13(20)17-15(12)22;;/h9-10,12,19H,1-8H2,(H,17,20,22);7,9-10,12H,1-6,8H2,(H,17,20,22);2*1H4. The van der Waals surface area contributed by atoms with Crippen LogP contribution < -0.4 is 31.2 Å². The Balaban J connectivity index is 0.000000461. The van der Waals surface area contributed by atoms with Crippen molar-refractivity contribution in [3.05, 3.63) is 45.2 Å². The first-order chi connectivity index (χ1) is 22.2. The molecule has 0 bridgehead atoms. The molecule has 266 valence electrons. The van der Waals surface area contributed by atoms with Gasteiger partial charge in [0.15, 0.2) is 0 Å². The number of unbranched alkanes of at least 4 members (excludes halogenated alkanes) is 6. The van der Waals surface area contributed by atoms with Crippen molar-refractivity contribution >= 4 is 29.9 Å². The molecule has 16 heteroatoms. The van der Waals surface area contributed by atoms with Crippen LogP contribution in [0, 0.1) is 0 Å². The molecule has 4 amide bonds. The van der Waals surface area contributed by atoms with Crippen molar-refractivity contribution < 1.29 is 38.6 Å². The molecule has 0 spiro atoms. The monoisotopic (exact) mass is 676 g/mol. The van der Waals surface area contributed by atoms with Gasteiger partial charge < -0.3 is 19.4 Å². The summed E-state index contributed by atoms with van der Waals surface area (Å²) in [6.45, 7) is 1.10. The molecule has 2 saturated heterocycles. The Labute approximate surface area is 279 Å². The van der Waals surface area contributed by atoms with Gasteiger partial charge in [-0.05, 0) is 51.4 Å². The summed E-state index contributed by atoms with van der Waals surface area (Å²) in [5, 5.41) is 21.0. The Morgan fingerprint density at radius 2 is 1.15 bits per heavy atom. The van der Waals surface area contributed by atoms with E-state index in [1.54, 1.807) is 0 Å². The highest BCUT2D eigenvalue weighted by Crippen LogP contribution is 2.18. The predicted molar refractivity (Wildman–Crippen MR) is 174 cm³/mol. The van der Waals surface area contributed by atoms with Crippen LogP contribution in [0.3, 0.4) is 0 Å². The normalized spacial score (nSPS) is 17.0. The van der Waals surface area contributed by atoms with E-state index < -0.39 is 35.0 Å². The minimum Gasteiger partial charge on any atom is -0.492 e. The molecule has 0 aliphatic carbocycles. The van der Waals surface area contributed by atoms with E-state index in [4.69, 9.17) is 14.6 Å². The quantitative estimate of drug-likeness (QED) is 0.132. The molecule has 2 fully saturated rings. The lowest BCUT2D eigenvalue weighted by molar-refractivity contribution is -0.137. The highest BCUT2D eigenvalue weighted by atomic mass is 16.5. The smallest absolute Gasteiger partial charge is 0.271 e. The maximum atomic E-state index is 12.1. The number of amides is 4. The van der Waals surface area contributed by atoms with E-state index in [2.05, 4.69) is 20.8 Å². The van der Waals surface area contributed by atoms with Gasteiger partial charge in [0, 0.05) is 38.0 Å². The van der Waals surface area contributed by atoms with Gasteiger partial charge in [0.1, 0.15) is 29.9 Å². The molecule has 3 N–H and O–H groups in total. The van der Waals surface area contributed by atoms with Gasteiger partial charge in [-0.3, -0.25) is 39.4 Å². The minimum atomic E-state index is -0.766. The Morgan fingerprint density at radius 1 is 0.708 bits per heavy atom. The zero-order chi connectivity index (χ0) is 33.3. The molecule has 0 aromatic carbocycles. The van der Waals surface area contributed by atoms with Crippen LogP contribution in [0.15, 0.2) is 34.1 Å². The van der Waals surface area contributed by atoms with Crippen LogP contribution in [-0.4, -0.2) is 74.4 Å². The van der Waals surface area contributed by atoms with Crippen molar-refractivity contribution in [2.75, 3.05) is 19.8 Å². The average molecular weight is 677 g/mol. The first kappa shape index (κ1) is 41.3. The van der Waals surface area contributed by atoms with Crippen LogP contribution in [0.2, 0.25) is 0 Å². The van der Waals surface area contributed by atoms with Gasteiger partial charge in [0.2, 0.25) is 11.8 Å². The molecule has 2 aromatic rings. The van der Waals surface area contributed by atoms with Crippen LogP contribution >= 0.6 is 0 Å². The molecule has 16 nitrogen and oxygen atoms in total. The number of carbonyl (C=O) groups excluding carboxylic acids is 5. The molecule has 2 unspecified atom stereocenters. The summed E-state index contributed by atoms with van der Waals surface area (Å²) in [5.74, 6) is -0.989. The molecular weight excluding hydrogens is 628 g/mol. The van der Waals surface area contributed by atoms with Crippen molar-refractivity contribution in [1.29, 1.82) is 0 Å². The number of aromatic nitrogens is 4. The fourth-order valence-electron chi connectivity index (χ4n) is 4.71. The van der Waals surface area contributed by atoms with Crippen molar-refractivity contribution in [3.8, 4) is 11.5 Å². The number of imide groups is 2. The summed E-state index contributed by atoms with van der Waals surface area (Å²) >= 11 is 0. The third-order valence-electron chi connectivity index (χ3n) is 7.17. The molecule has 4 rings (SSSR count). The first-order valence-electron chi connectivity index (χ1n) is 15.4. The fraction of sp³-hybridized carbons (Fsp3) is 0.594. The highest BCUT2D eigenvalue weighted by Gasteiger charge is 2.30. The number of ether oxygens (including phenoxy) is 2. The Hall–Kier alpha value is -4.73. The number of nitrogens with zero attached hydrogens (tertiary/aromatic N) is 4. The van der Waals surface area contributed by atoms with E-state index in [0.29, 0.717) is 31.1 Å². The summed E-state index contributed by atoms with van der Waals surface area (Å²) in [6.07, 6.45) is 11.1. The number of carbonyl (C=O) groups is 5. The van der Waals surface area contributed by atoms with Crippen molar-refractivity contribution in [2.24, 2.45) is 0 Å². The van der Waals surface area contributed by atoms with Crippen LogP contribution in [0.25, 0.3) is 0 Å². The van der Waals surface area contributed by atoms with Crippen molar-refractivity contribution in [1.82, 2.24) is 30.2 Å². The Morgan fingerprint density at radius 3 is 1.54 bits per heavy atom. The predicted octanol–water partition coefficient (Wildman–Crippen LogP) is 1.78. The second kappa shape index (κ2) is 22.0. The lowest BCUT2D eigenvalue weighted by Crippen LogP contribution is -2.45. The Bertz CT molecular complexity index is 1470. The third kappa shape index (κ3) is 13.2. The second-order valence-electron chi connectivity index (χ2n) is 10.7. The van der Waals surface area contributed by atoms with Crippen LogP contribution in [0.1, 0.15) is 104 Å². The SMILES string of the molecule is C.C.O=C1CCC(n2ncc(OCCCCCCO)cc2=O)C(=O)N1.O=CCCCCCOc1cnn(C2CCC(=O)NC2=O)c(=O)c1. The fourth-order valence-corrected chi connectivity index (χ4v) is 4.71. The molecule has 48 heavy (non-hydrogen) atoms.